The van der Waals surface area contributed by atoms with Gasteiger partial charge in [0.05, 0.1) is 6.54 Å². The number of benzene rings is 1. The van der Waals surface area contributed by atoms with Crippen molar-refractivity contribution in [3.05, 3.63) is 64.0 Å². The minimum Gasteiger partial charge on any atom is -0.330 e. The van der Waals surface area contributed by atoms with E-state index in [-0.39, 0.29) is 17.8 Å². The normalized spacial score (nSPS) is 13.6. The number of aromatic amines is 1. The number of rotatable bonds is 5. The van der Waals surface area contributed by atoms with E-state index in [0.717, 1.165) is 39.5 Å². The predicted octanol–water partition coefficient (Wildman–Crippen LogP) is 3.97. The Hall–Kier alpha value is -2.51. The number of thiophene rings is 1. The molecule has 0 unspecified atom stereocenters. The quantitative estimate of drug-likeness (QED) is 0.684. The molecule has 28 heavy (non-hydrogen) atoms. The van der Waals surface area contributed by atoms with Gasteiger partial charge in [-0.2, -0.15) is 5.10 Å². The molecular formula is C21H23FN4OS. The molecule has 1 aliphatic rings. The third-order valence-corrected chi connectivity index (χ3v) is 6.13. The van der Waals surface area contributed by atoms with Gasteiger partial charge in [0.2, 0.25) is 0 Å². The van der Waals surface area contributed by atoms with Crippen molar-refractivity contribution in [2.45, 2.75) is 39.4 Å². The molecule has 0 bridgehead atoms. The lowest BCUT2D eigenvalue weighted by molar-refractivity contribution is 0.0685. The van der Waals surface area contributed by atoms with Gasteiger partial charge >= 0.3 is 0 Å². The molecular weight excluding hydrogens is 375 g/mol. The highest BCUT2D eigenvalue weighted by Crippen LogP contribution is 2.30. The maximum Gasteiger partial charge on any atom is 0.275 e. The van der Waals surface area contributed by atoms with Crippen LogP contribution in [0.5, 0.6) is 0 Å². The van der Waals surface area contributed by atoms with Crippen molar-refractivity contribution in [1.82, 2.24) is 20.4 Å². The molecule has 4 rings (SSSR count). The van der Waals surface area contributed by atoms with Crippen molar-refractivity contribution < 1.29 is 9.18 Å². The SMILES string of the molecule is CC(C)N(Cc1ccc(-c2ccc(F)cc2)s1)C(=O)c1n[nH]c2c1CNCC2. The maximum atomic E-state index is 13.2. The number of nitrogens with one attached hydrogen (secondary N) is 2. The largest absolute Gasteiger partial charge is 0.330 e. The Morgan fingerprint density at radius 3 is 2.79 bits per heavy atom. The van der Waals surface area contributed by atoms with E-state index in [1.54, 1.807) is 23.5 Å². The van der Waals surface area contributed by atoms with E-state index < -0.39 is 0 Å². The molecule has 1 aromatic carbocycles. The maximum absolute atomic E-state index is 13.2. The van der Waals surface area contributed by atoms with E-state index in [0.29, 0.717) is 18.8 Å². The molecule has 0 aliphatic carbocycles. The summed E-state index contributed by atoms with van der Waals surface area (Å²) in [6.45, 7) is 6.13. The van der Waals surface area contributed by atoms with Crippen LogP contribution in [0, 0.1) is 5.82 Å². The van der Waals surface area contributed by atoms with Gasteiger partial charge in [-0.25, -0.2) is 4.39 Å². The average Bonchev–Trinajstić information content (AvgIpc) is 3.33. The van der Waals surface area contributed by atoms with Crippen LogP contribution in [0.25, 0.3) is 10.4 Å². The second-order valence-corrected chi connectivity index (χ2v) is 8.42. The van der Waals surface area contributed by atoms with Crippen LogP contribution in [-0.4, -0.2) is 33.6 Å². The zero-order chi connectivity index (χ0) is 19.7. The molecule has 0 atom stereocenters. The fraction of sp³-hybridized carbons (Fsp3) is 0.333. The summed E-state index contributed by atoms with van der Waals surface area (Å²) in [5, 5.41) is 10.7. The number of hydrogen-bond acceptors (Lipinski definition) is 4. The number of H-pyrrole nitrogens is 1. The molecule has 0 saturated carbocycles. The number of fused-ring (bicyclic) bond motifs is 1. The lowest BCUT2D eigenvalue weighted by atomic mass is 10.1. The molecule has 7 heteroatoms. The first-order valence-electron chi connectivity index (χ1n) is 9.45. The second kappa shape index (κ2) is 7.85. The fourth-order valence-corrected chi connectivity index (χ4v) is 4.44. The van der Waals surface area contributed by atoms with Gasteiger partial charge in [-0.15, -0.1) is 11.3 Å². The Bertz CT molecular complexity index is 977. The summed E-state index contributed by atoms with van der Waals surface area (Å²) in [6, 6.07) is 10.6. The van der Waals surface area contributed by atoms with Crippen LogP contribution in [0.2, 0.25) is 0 Å². The molecule has 0 saturated heterocycles. The highest BCUT2D eigenvalue weighted by molar-refractivity contribution is 7.15. The molecule has 5 nitrogen and oxygen atoms in total. The van der Waals surface area contributed by atoms with E-state index in [2.05, 4.69) is 15.5 Å². The van der Waals surface area contributed by atoms with Gasteiger partial charge in [0.25, 0.3) is 5.91 Å². The second-order valence-electron chi connectivity index (χ2n) is 7.26. The lowest BCUT2D eigenvalue weighted by Crippen LogP contribution is -2.37. The summed E-state index contributed by atoms with van der Waals surface area (Å²) in [5.41, 5.74) is 3.54. The molecule has 2 N–H and O–H groups in total. The Labute approximate surface area is 167 Å². The van der Waals surface area contributed by atoms with Crippen LogP contribution in [0.1, 0.15) is 40.5 Å². The molecule has 2 aromatic heterocycles. The smallest absolute Gasteiger partial charge is 0.275 e. The van der Waals surface area contributed by atoms with Crippen LogP contribution in [0.15, 0.2) is 36.4 Å². The Morgan fingerprint density at radius 2 is 2.04 bits per heavy atom. The zero-order valence-corrected chi connectivity index (χ0v) is 16.8. The van der Waals surface area contributed by atoms with E-state index in [1.165, 1.54) is 12.1 Å². The molecule has 1 amide bonds. The van der Waals surface area contributed by atoms with Crippen molar-refractivity contribution in [2.75, 3.05) is 6.54 Å². The number of hydrogen-bond donors (Lipinski definition) is 2. The van der Waals surface area contributed by atoms with Gasteiger partial charge < -0.3 is 10.2 Å². The molecule has 3 aromatic rings. The standard InChI is InChI=1S/C21H23FN4OS/c1-13(2)26(21(27)20-17-11-23-10-9-18(17)24-25-20)12-16-7-8-19(28-16)14-3-5-15(22)6-4-14/h3-8,13,23H,9-12H2,1-2H3,(H,24,25). The molecule has 0 radical (unpaired) electrons. The molecule has 0 fully saturated rings. The van der Waals surface area contributed by atoms with Crippen LogP contribution >= 0.6 is 11.3 Å². The van der Waals surface area contributed by atoms with Crippen molar-refractivity contribution in [3.8, 4) is 10.4 Å². The first-order valence-corrected chi connectivity index (χ1v) is 10.3. The summed E-state index contributed by atoms with van der Waals surface area (Å²) in [4.78, 5) is 17.2. The van der Waals surface area contributed by atoms with Crippen LogP contribution in [-0.2, 0) is 19.5 Å². The minimum absolute atomic E-state index is 0.0482. The van der Waals surface area contributed by atoms with Gasteiger partial charge in [0.15, 0.2) is 5.69 Å². The van der Waals surface area contributed by atoms with E-state index in [9.17, 15) is 9.18 Å². The Balaban J connectivity index is 1.55. The number of nitrogens with zero attached hydrogens (tertiary/aromatic N) is 2. The lowest BCUT2D eigenvalue weighted by Gasteiger charge is -2.26. The minimum atomic E-state index is -0.242. The summed E-state index contributed by atoms with van der Waals surface area (Å²) < 4.78 is 13.2. The number of aromatic nitrogens is 2. The van der Waals surface area contributed by atoms with Gasteiger partial charge in [-0.1, -0.05) is 12.1 Å². The van der Waals surface area contributed by atoms with Gasteiger partial charge in [-0.05, 0) is 43.7 Å². The number of carbonyl (C=O) groups is 1. The summed E-state index contributed by atoms with van der Waals surface area (Å²) in [7, 11) is 0. The molecule has 3 heterocycles. The Morgan fingerprint density at radius 1 is 1.25 bits per heavy atom. The number of halogens is 1. The van der Waals surface area contributed by atoms with Crippen LogP contribution in [0.3, 0.4) is 0 Å². The zero-order valence-electron chi connectivity index (χ0n) is 16.0. The average molecular weight is 399 g/mol. The number of amides is 1. The van der Waals surface area contributed by atoms with Crippen LogP contribution in [0.4, 0.5) is 4.39 Å². The van der Waals surface area contributed by atoms with E-state index in [4.69, 9.17) is 0 Å². The van der Waals surface area contributed by atoms with Crippen molar-refractivity contribution in [3.63, 3.8) is 0 Å². The third-order valence-electron chi connectivity index (χ3n) is 5.01. The third kappa shape index (κ3) is 3.72. The summed E-state index contributed by atoms with van der Waals surface area (Å²) in [6.07, 6.45) is 0.864. The van der Waals surface area contributed by atoms with Crippen molar-refractivity contribution >= 4 is 17.2 Å². The fourth-order valence-electron chi connectivity index (χ4n) is 3.43. The Kier molecular flexibility index (Phi) is 5.28. The highest BCUT2D eigenvalue weighted by Gasteiger charge is 2.27. The topological polar surface area (TPSA) is 61.0 Å². The monoisotopic (exact) mass is 398 g/mol. The first kappa shape index (κ1) is 18.8. The van der Waals surface area contributed by atoms with Crippen LogP contribution < -0.4 is 5.32 Å². The van der Waals surface area contributed by atoms with Gasteiger partial charge in [0, 0.05) is 46.6 Å². The molecule has 0 spiro atoms. The summed E-state index contributed by atoms with van der Waals surface area (Å²) in [5.74, 6) is -0.290. The number of carbonyl (C=O) groups excluding carboxylic acids is 1. The van der Waals surface area contributed by atoms with E-state index in [1.807, 2.05) is 30.9 Å². The first-order chi connectivity index (χ1) is 13.5. The highest BCUT2D eigenvalue weighted by atomic mass is 32.1. The summed E-state index contributed by atoms with van der Waals surface area (Å²) >= 11 is 1.62. The van der Waals surface area contributed by atoms with Gasteiger partial charge in [-0.3, -0.25) is 9.89 Å². The molecule has 146 valence electrons. The van der Waals surface area contributed by atoms with Crippen molar-refractivity contribution in [2.24, 2.45) is 0 Å². The van der Waals surface area contributed by atoms with E-state index >= 15 is 0 Å². The van der Waals surface area contributed by atoms with Crippen molar-refractivity contribution in [1.29, 1.82) is 0 Å². The van der Waals surface area contributed by atoms with Gasteiger partial charge in [0.1, 0.15) is 5.82 Å². The predicted molar refractivity (Wildman–Crippen MR) is 109 cm³/mol. The molecule has 1 aliphatic heterocycles.